The maximum absolute atomic E-state index is 11.8. The van der Waals surface area contributed by atoms with E-state index in [0.29, 0.717) is 11.3 Å². The number of hydrogen-bond donors (Lipinski definition) is 1. The SMILES string of the molecule is CC1(C)CCC(c2ccccc2C2(C(=O)O)CCC2)CC1. The maximum Gasteiger partial charge on any atom is 0.314 e. The largest absolute Gasteiger partial charge is 0.481 e. The van der Waals surface area contributed by atoms with E-state index in [1.807, 2.05) is 6.07 Å². The molecule has 2 saturated carbocycles. The van der Waals surface area contributed by atoms with Gasteiger partial charge in [0.1, 0.15) is 0 Å². The maximum atomic E-state index is 11.8. The summed E-state index contributed by atoms with van der Waals surface area (Å²) < 4.78 is 0. The summed E-state index contributed by atoms with van der Waals surface area (Å²) in [6, 6.07) is 8.34. The molecule has 0 saturated heterocycles. The Hall–Kier alpha value is -1.31. The van der Waals surface area contributed by atoms with Gasteiger partial charge >= 0.3 is 5.97 Å². The van der Waals surface area contributed by atoms with E-state index in [9.17, 15) is 9.90 Å². The number of carboxylic acid groups (broad SMARTS) is 1. The molecule has 114 valence electrons. The average Bonchev–Trinajstić information content (AvgIpc) is 2.38. The third kappa shape index (κ3) is 2.49. The number of rotatable bonds is 3. The molecule has 0 spiro atoms. The van der Waals surface area contributed by atoms with Gasteiger partial charge in [0.2, 0.25) is 0 Å². The summed E-state index contributed by atoms with van der Waals surface area (Å²) in [6.45, 7) is 4.69. The molecule has 0 heterocycles. The van der Waals surface area contributed by atoms with Crippen LogP contribution in [0.2, 0.25) is 0 Å². The smallest absolute Gasteiger partial charge is 0.314 e. The molecule has 1 aromatic rings. The fourth-order valence-electron chi connectivity index (χ4n) is 4.13. The van der Waals surface area contributed by atoms with Gasteiger partial charge in [-0.1, -0.05) is 44.5 Å². The lowest BCUT2D eigenvalue weighted by Crippen LogP contribution is -2.43. The predicted molar refractivity (Wildman–Crippen MR) is 84.6 cm³/mol. The zero-order chi connectivity index (χ0) is 15.1. The van der Waals surface area contributed by atoms with Gasteiger partial charge in [0.15, 0.2) is 0 Å². The number of aliphatic carboxylic acids is 1. The van der Waals surface area contributed by atoms with Crippen LogP contribution in [-0.4, -0.2) is 11.1 Å². The summed E-state index contributed by atoms with van der Waals surface area (Å²) in [5.41, 5.74) is 2.28. The van der Waals surface area contributed by atoms with Crippen molar-refractivity contribution in [2.24, 2.45) is 5.41 Å². The second-order valence-electron chi connectivity index (χ2n) is 7.77. The van der Waals surface area contributed by atoms with Crippen molar-refractivity contribution in [3.8, 4) is 0 Å². The number of benzene rings is 1. The van der Waals surface area contributed by atoms with Gasteiger partial charge in [0.25, 0.3) is 0 Å². The van der Waals surface area contributed by atoms with E-state index >= 15 is 0 Å². The normalized spacial score (nSPS) is 24.3. The van der Waals surface area contributed by atoms with Crippen molar-refractivity contribution in [3.63, 3.8) is 0 Å². The Bertz CT molecular complexity index is 530. The fourth-order valence-corrected chi connectivity index (χ4v) is 4.13. The Labute approximate surface area is 127 Å². The van der Waals surface area contributed by atoms with Crippen LogP contribution < -0.4 is 0 Å². The van der Waals surface area contributed by atoms with Crippen LogP contribution in [0.25, 0.3) is 0 Å². The van der Waals surface area contributed by atoms with Crippen molar-refractivity contribution in [3.05, 3.63) is 35.4 Å². The first kappa shape index (κ1) is 14.6. The molecule has 1 N–H and O–H groups in total. The summed E-state index contributed by atoms with van der Waals surface area (Å²) in [5, 5.41) is 9.74. The van der Waals surface area contributed by atoms with Crippen molar-refractivity contribution in [2.75, 3.05) is 0 Å². The molecule has 2 heteroatoms. The minimum absolute atomic E-state index is 0.451. The molecule has 0 amide bonds. The molecular weight excluding hydrogens is 260 g/mol. The number of carbonyl (C=O) groups is 1. The predicted octanol–water partition coefficient (Wildman–Crippen LogP) is 4.88. The Balaban J connectivity index is 1.92. The molecule has 0 radical (unpaired) electrons. The Morgan fingerprint density at radius 2 is 1.71 bits per heavy atom. The van der Waals surface area contributed by atoms with Gasteiger partial charge in [0, 0.05) is 0 Å². The van der Waals surface area contributed by atoms with Gasteiger partial charge < -0.3 is 5.11 Å². The van der Waals surface area contributed by atoms with E-state index in [1.54, 1.807) is 0 Å². The highest BCUT2D eigenvalue weighted by Gasteiger charge is 2.47. The van der Waals surface area contributed by atoms with Crippen molar-refractivity contribution in [1.82, 2.24) is 0 Å². The lowest BCUT2D eigenvalue weighted by Gasteiger charge is -2.42. The average molecular weight is 286 g/mol. The molecule has 0 unspecified atom stereocenters. The lowest BCUT2D eigenvalue weighted by molar-refractivity contribution is -0.147. The minimum atomic E-state index is -0.627. The Kier molecular flexibility index (Phi) is 3.59. The second kappa shape index (κ2) is 5.15. The molecular formula is C19H26O2. The van der Waals surface area contributed by atoms with Crippen LogP contribution in [0.15, 0.2) is 24.3 Å². The summed E-state index contributed by atoms with van der Waals surface area (Å²) in [7, 11) is 0. The van der Waals surface area contributed by atoms with Crippen LogP contribution in [0.4, 0.5) is 0 Å². The highest BCUT2D eigenvalue weighted by Crippen LogP contribution is 2.49. The Morgan fingerprint density at radius 1 is 1.10 bits per heavy atom. The Morgan fingerprint density at radius 3 is 2.24 bits per heavy atom. The van der Waals surface area contributed by atoms with Gasteiger partial charge in [0.05, 0.1) is 5.41 Å². The van der Waals surface area contributed by atoms with E-state index in [4.69, 9.17) is 0 Å². The molecule has 2 nitrogen and oxygen atoms in total. The van der Waals surface area contributed by atoms with Crippen LogP contribution in [0.3, 0.4) is 0 Å². The quantitative estimate of drug-likeness (QED) is 0.860. The minimum Gasteiger partial charge on any atom is -0.481 e. The van der Waals surface area contributed by atoms with Crippen LogP contribution >= 0.6 is 0 Å². The van der Waals surface area contributed by atoms with E-state index < -0.39 is 11.4 Å². The molecule has 3 rings (SSSR count). The zero-order valence-corrected chi connectivity index (χ0v) is 13.2. The lowest BCUT2D eigenvalue weighted by atomic mass is 9.61. The van der Waals surface area contributed by atoms with Gasteiger partial charge in [-0.25, -0.2) is 0 Å². The van der Waals surface area contributed by atoms with Crippen LogP contribution in [0.1, 0.15) is 75.8 Å². The second-order valence-corrected chi connectivity index (χ2v) is 7.77. The van der Waals surface area contributed by atoms with E-state index in [1.165, 1.54) is 31.2 Å². The standard InChI is InChI=1S/C19H26O2/c1-18(2)12-8-14(9-13-18)15-6-3-4-7-16(15)19(17(20)21)10-5-11-19/h3-4,6-7,14H,5,8-13H2,1-2H3,(H,20,21). The summed E-state index contributed by atoms with van der Waals surface area (Å²) in [4.78, 5) is 11.8. The number of hydrogen-bond acceptors (Lipinski definition) is 1. The molecule has 1 aromatic carbocycles. The number of carboxylic acids is 1. The molecule has 2 fully saturated rings. The van der Waals surface area contributed by atoms with Gasteiger partial charge in [-0.15, -0.1) is 0 Å². The molecule has 21 heavy (non-hydrogen) atoms. The van der Waals surface area contributed by atoms with E-state index in [2.05, 4.69) is 32.0 Å². The van der Waals surface area contributed by atoms with Crippen molar-refractivity contribution in [1.29, 1.82) is 0 Å². The van der Waals surface area contributed by atoms with Gasteiger partial charge in [-0.3, -0.25) is 4.79 Å². The highest BCUT2D eigenvalue weighted by atomic mass is 16.4. The molecule has 2 aliphatic rings. The van der Waals surface area contributed by atoms with Gasteiger partial charge in [-0.2, -0.15) is 0 Å². The first-order valence-electron chi connectivity index (χ1n) is 8.27. The molecule has 0 bridgehead atoms. The van der Waals surface area contributed by atoms with Crippen molar-refractivity contribution < 1.29 is 9.90 Å². The topological polar surface area (TPSA) is 37.3 Å². The van der Waals surface area contributed by atoms with E-state index in [0.717, 1.165) is 24.8 Å². The molecule has 0 aromatic heterocycles. The molecule has 0 atom stereocenters. The monoisotopic (exact) mass is 286 g/mol. The first-order chi connectivity index (χ1) is 9.95. The van der Waals surface area contributed by atoms with Gasteiger partial charge in [-0.05, 0) is 61.0 Å². The van der Waals surface area contributed by atoms with Crippen molar-refractivity contribution in [2.45, 2.75) is 70.1 Å². The third-order valence-electron chi connectivity index (χ3n) is 5.87. The first-order valence-corrected chi connectivity index (χ1v) is 8.27. The highest BCUT2D eigenvalue weighted by molar-refractivity contribution is 5.83. The summed E-state index contributed by atoms with van der Waals surface area (Å²) >= 11 is 0. The molecule has 2 aliphatic carbocycles. The van der Waals surface area contributed by atoms with E-state index in [-0.39, 0.29) is 0 Å². The zero-order valence-electron chi connectivity index (χ0n) is 13.2. The summed E-state index contributed by atoms with van der Waals surface area (Å²) in [6.07, 6.45) is 7.52. The molecule has 0 aliphatic heterocycles. The third-order valence-corrected chi connectivity index (χ3v) is 5.87. The van der Waals surface area contributed by atoms with Crippen LogP contribution in [0.5, 0.6) is 0 Å². The van der Waals surface area contributed by atoms with Crippen LogP contribution in [0, 0.1) is 5.41 Å². The fraction of sp³-hybridized carbons (Fsp3) is 0.632. The summed E-state index contributed by atoms with van der Waals surface area (Å²) in [5.74, 6) is -0.0802. The van der Waals surface area contributed by atoms with Crippen molar-refractivity contribution >= 4 is 5.97 Å². The van der Waals surface area contributed by atoms with Crippen LogP contribution in [-0.2, 0) is 10.2 Å².